The Morgan fingerprint density at radius 2 is 2.35 bits per heavy atom. The molecule has 2 aromatic rings. The maximum atomic E-state index is 11.5. The lowest BCUT2D eigenvalue weighted by molar-refractivity contribution is -0.132. The van der Waals surface area contributed by atoms with Crippen molar-refractivity contribution in [3.05, 3.63) is 18.6 Å². The van der Waals surface area contributed by atoms with Gasteiger partial charge in [-0.25, -0.2) is 15.8 Å². The molecule has 8 heteroatoms. The molecule has 0 spiro atoms. The highest BCUT2D eigenvalue weighted by Gasteiger charge is 2.23. The summed E-state index contributed by atoms with van der Waals surface area (Å²) >= 11 is 0. The number of nitrogens with zero attached hydrogens (tertiary/aromatic N) is 4. The topological polar surface area (TPSA) is 101 Å². The number of nitrogens with two attached hydrogens (primary N) is 1. The van der Waals surface area contributed by atoms with Gasteiger partial charge in [-0.05, 0) is 6.42 Å². The van der Waals surface area contributed by atoms with Crippen molar-refractivity contribution in [2.24, 2.45) is 5.84 Å². The van der Waals surface area contributed by atoms with Gasteiger partial charge in [0.05, 0.1) is 6.20 Å². The maximum Gasteiger partial charge on any atom is 0.222 e. The van der Waals surface area contributed by atoms with Crippen molar-refractivity contribution in [2.75, 3.05) is 24.3 Å². The van der Waals surface area contributed by atoms with Crippen LogP contribution >= 0.6 is 0 Å². The molecule has 1 aliphatic rings. The van der Waals surface area contributed by atoms with Crippen molar-refractivity contribution >= 4 is 23.2 Å². The number of hydrogen-bond acceptors (Lipinski definition) is 6. The van der Waals surface area contributed by atoms with E-state index in [-0.39, 0.29) is 11.9 Å². The molecule has 20 heavy (non-hydrogen) atoms. The summed E-state index contributed by atoms with van der Waals surface area (Å²) < 4.78 is 1.85. The third-order valence-corrected chi connectivity index (χ3v) is 3.49. The number of fused-ring (bicyclic) bond motifs is 1. The molecule has 1 atom stereocenters. The molecule has 0 aromatic carbocycles. The van der Waals surface area contributed by atoms with Gasteiger partial charge in [-0.1, -0.05) is 0 Å². The first-order valence-corrected chi connectivity index (χ1v) is 6.48. The number of carbonyl (C=O) groups excluding carboxylic acids is 1. The first kappa shape index (κ1) is 12.7. The summed E-state index contributed by atoms with van der Waals surface area (Å²) in [7, 11) is 1.81. The second-order valence-electron chi connectivity index (χ2n) is 4.93. The van der Waals surface area contributed by atoms with Gasteiger partial charge in [-0.15, -0.1) is 0 Å². The van der Waals surface area contributed by atoms with Crippen molar-refractivity contribution in [1.29, 1.82) is 0 Å². The van der Waals surface area contributed by atoms with Gasteiger partial charge in [0.15, 0.2) is 17.3 Å². The fourth-order valence-electron chi connectivity index (χ4n) is 2.42. The fraction of sp³-hybridized carbons (Fsp3) is 0.417. The Labute approximate surface area is 116 Å². The van der Waals surface area contributed by atoms with E-state index < -0.39 is 0 Å². The SMILES string of the molecule is CN1CC(Nc2nc(NN)cn3ccnc23)CCC1=O. The minimum absolute atomic E-state index is 0.165. The van der Waals surface area contributed by atoms with E-state index in [9.17, 15) is 4.79 Å². The van der Waals surface area contributed by atoms with E-state index in [1.165, 1.54) is 0 Å². The minimum atomic E-state index is 0.165. The molecule has 1 aliphatic heterocycles. The largest absolute Gasteiger partial charge is 0.362 e. The molecule has 0 saturated carbocycles. The molecule has 1 unspecified atom stereocenters. The first-order chi connectivity index (χ1) is 9.67. The number of imidazole rings is 1. The van der Waals surface area contributed by atoms with Crippen LogP contribution in [0, 0.1) is 0 Å². The number of piperidine rings is 1. The van der Waals surface area contributed by atoms with Gasteiger partial charge in [0.25, 0.3) is 0 Å². The Bertz CT molecular complexity index is 638. The van der Waals surface area contributed by atoms with Crippen LogP contribution in [0.3, 0.4) is 0 Å². The van der Waals surface area contributed by atoms with Gasteiger partial charge in [0, 0.05) is 38.4 Å². The normalized spacial score (nSPS) is 19.4. The number of likely N-dealkylation sites (tertiary alicyclic amines) is 1. The number of anilines is 2. The van der Waals surface area contributed by atoms with Gasteiger partial charge in [0.2, 0.25) is 5.91 Å². The molecular formula is C12H17N7O. The van der Waals surface area contributed by atoms with Gasteiger partial charge < -0.3 is 20.0 Å². The summed E-state index contributed by atoms with van der Waals surface area (Å²) in [5.41, 5.74) is 3.28. The summed E-state index contributed by atoms with van der Waals surface area (Å²) in [6.07, 6.45) is 6.65. The fourth-order valence-corrected chi connectivity index (χ4v) is 2.42. The number of nitrogens with one attached hydrogen (secondary N) is 2. The highest BCUT2D eigenvalue weighted by atomic mass is 16.2. The van der Waals surface area contributed by atoms with E-state index in [1.807, 2.05) is 17.6 Å². The Balaban J connectivity index is 1.86. The number of hydrazine groups is 1. The average molecular weight is 275 g/mol. The predicted molar refractivity (Wildman–Crippen MR) is 75.1 cm³/mol. The minimum Gasteiger partial charge on any atom is -0.362 e. The lowest BCUT2D eigenvalue weighted by Gasteiger charge is -2.30. The summed E-state index contributed by atoms with van der Waals surface area (Å²) in [6.45, 7) is 0.660. The molecule has 0 aliphatic carbocycles. The zero-order valence-electron chi connectivity index (χ0n) is 11.2. The quantitative estimate of drug-likeness (QED) is 0.540. The smallest absolute Gasteiger partial charge is 0.222 e. The Kier molecular flexibility index (Phi) is 3.15. The summed E-state index contributed by atoms with van der Waals surface area (Å²) in [4.78, 5) is 21.9. The third-order valence-electron chi connectivity index (χ3n) is 3.49. The van der Waals surface area contributed by atoms with Crippen LogP contribution in [0.25, 0.3) is 5.65 Å². The van der Waals surface area contributed by atoms with Gasteiger partial charge in [0.1, 0.15) is 0 Å². The number of amides is 1. The molecule has 1 amide bonds. The highest BCUT2D eigenvalue weighted by Crippen LogP contribution is 2.20. The van der Waals surface area contributed by atoms with E-state index in [2.05, 4.69) is 20.7 Å². The molecule has 0 radical (unpaired) electrons. The number of hydrogen-bond donors (Lipinski definition) is 3. The van der Waals surface area contributed by atoms with Crippen LogP contribution in [-0.4, -0.2) is 44.8 Å². The van der Waals surface area contributed by atoms with E-state index in [4.69, 9.17) is 5.84 Å². The second kappa shape index (κ2) is 4.97. The zero-order chi connectivity index (χ0) is 14.1. The van der Waals surface area contributed by atoms with Gasteiger partial charge in [-0.2, -0.15) is 0 Å². The highest BCUT2D eigenvalue weighted by molar-refractivity contribution is 5.77. The van der Waals surface area contributed by atoms with Gasteiger partial charge in [-0.3, -0.25) is 4.79 Å². The van der Waals surface area contributed by atoms with E-state index in [1.54, 1.807) is 17.3 Å². The molecule has 4 N–H and O–H groups in total. The molecule has 8 nitrogen and oxygen atoms in total. The Morgan fingerprint density at radius 3 is 3.10 bits per heavy atom. The average Bonchev–Trinajstić information content (AvgIpc) is 2.91. The van der Waals surface area contributed by atoms with Crippen molar-refractivity contribution < 1.29 is 4.79 Å². The Morgan fingerprint density at radius 1 is 1.50 bits per heavy atom. The van der Waals surface area contributed by atoms with Crippen LogP contribution < -0.4 is 16.6 Å². The third kappa shape index (κ3) is 2.25. The zero-order valence-corrected chi connectivity index (χ0v) is 11.2. The second-order valence-corrected chi connectivity index (χ2v) is 4.93. The molecule has 106 valence electrons. The maximum absolute atomic E-state index is 11.5. The number of likely N-dealkylation sites (N-methyl/N-ethyl adjacent to an activating group) is 1. The number of rotatable bonds is 3. The number of nitrogen functional groups attached to an aromatic ring is 1. The lowest BCUT2D eigenvalue weighted by Crippen LogP contribution is -2.43. The van der Waals surface area contributed by atoms with Crippen molar-refractivity contribution in [3.8, 4) is 0 Å². The van der Waals surface area contributed by atoms with Crippen molar-refractivity contribution in [3.63, 3.8) is 0 Å². The Hall–Kier alpha value is -2.35. The van der Waals surface area contributed by atoms with Crippen LogP contribution in [0.2, 0.25) is 0 Å². The van der Waals surface area contributed by atoms with Crippen LogP contribution in [0.4, 0.5) is 11.6 Å². The van der Waals surface area contributed by atoms with E-state index >= 15 is 0 Å². The summed E-state index contributed by atoms with van der Waals surface area (Å²) in [5, 5.41) is 3.35. The van der Waals surface area contributed by atoms with Crippen LogP contribution in [0.1, 0.15) is 12.8 Å². The van der Waals surface area contributed by atoms with Crippen molar-refractivity contribution in [2.45, 2.75) is 18.9 Å². The van der Waals surface area contributed by atoms with Gasteiger partial charge >= 0.3 is 0 Å². The van der Waals surface area contributed by atoms with E-state index in [0.29, 0.717) is 24.6 Å². The lowest BCUT2D eigenvalue weighted by atomic mass is 10.1. The predicted octanol–water partition coefficient (Wildman–Crippen LogP) is 0.0476. The summed E-state index contributed by atoms with van der Waals surface area (Å²) in [5.74, 6) is 6.82. The molecule has 1 fully saturated rings. The standard InChI is InChI=1S/C12H17N7O/c1-18-6-8(2-3-10(18)20)15-11-12-14-4-5-19(12)7-9(16-11)17-13/h4-5,7-8,17H,2-3,6,13H2,1H3,(H,15,16). The number of aromatic nitrogens is 3. The number of carbonyl (C=O) groups is 1. The molecule has 3 rings (SSSR count). The molecule has 0 bridgehead atoms. The van der Waals surface area contributed by atoms with Crippen LogP contribution in [-0.2, 0) is 4.79 Å². The van der Waals surface area contributed by atoms with Crippen molar-refractivity contribution in [1.82, 2.24) is 19.3 Å². The van der Waals surface area contributed by atoms with Crippen LogP contribution in [0.5, 0.6) is 0 Å². The molecule has 2 aromatic heterocycles. The summed E-state index contributed by atoms with van der Waals surface area (Å²) in [6, 6.07) is 0.165. The van der Waals surface area contributed by atoms with E-state index in [0.717, 1.165) is 12.1 Å². The molecule has 1 saturated heterocycles. The molecular weight excluding hydrogens is 258 g/mol. The van der Waals surface area contributed by atoms with Crippen LogP contribution in [0.15, 0.2) is 18.6 Å². The molecule has 3 heterocycles. The monoisotopic (exact) mass is 275 g/mol. The first-order valence-electron chi connectivity index (χ1n) is 6.48.